The zero-order valence-electron chi connectivity index (χ0n) is 5.53. The average Bonchev–Trinajstić information content (AvgIpc) is 2.20. The van der Waals surface area contributed by atoms with Gasteiger partial charge in [-0.1, -0.05) is 0 Å². The summed E-state index contributed by atoms with van der Waals surface area (Å²) >= 11 is 1.45. The van der Waals surface area contributed by atoms with Crippen molar-refractivity contribution < 1.29 is 9.59 Å². The first-order valence-corrected chi connectivity index (χ1v) is 4.17. The number of rotatable bonds is 2. The smallest absolute Gasteiger partial charge is 0.254 e. The lowest BCUT2D eigenvalue weighted by Gasteiger charge is -2.10. The lowest BCUT2D eigenvalue weighted by atomic mass is 10.6. The summed E-state index contributed by atoms with van der Waals surface area (Å²) in [5.41, 5.74) is 0. The maximum Gasteiger partial charge on any atom is 0.254 e. The molecule has 1 heterocycles. The molecule has 0 unspecified atom stereocenters. The van der Waals surface area contributed by atoms with E-state index in [0.29, 0.717) is 5.88 Å². The van der Waals surface area contributed by atoms with Crippen LogP contribution in [0.25, 0.3) is 0 Å². The van der Waals surface area contributed by atoms with Crippen molar-refractivity contribution in [2.75, 3.05) is 12.1 Å². The molecule has 0 saturated heterocycles. The number of carbonyl (C=O) groups is 2. The standard InChI is InChI=1S/C6H7NO2S/c1-10-4-7-5(8)2-3-6(7)9/h2-3H,4H2,1H3. The monoisotopic (exact) mass is 157 g/mol. The molecule has 0 fully saturated rings. The van der Waals surface area contributed by atoms with Crippen molar-refractivity contribution in [3.8, 4) is 0 Å². The van der Waals surface area contributed by atoms with Crippen LogP contribution >= 0.6 is 11.8 Å². The van der Waals surface area contributed by atoms with Gasteiger partial charge in [0.05, 0.1) is 5.88 Å². The Labute approximate surface area is 63.1 Å². The Morgan fingerprint density at radius 1 is 1.40 bits per heavy atom. The van der Waals surface area contributed by atoms with Crippen molar-refractivity contribution in [1.29, 1.82) is 0 Å². The number of hydrogen-bond acceptors (Lipinski definition) is 3. The van der Waals surface area contributed by atoms with Crippen LogP contribution < -0.4 is 0 Å². The van der Waals surface area contributed by atoms with Gasteiger partial charge in [0.15, 0.2) is 0 Å². The van der Waals surface area contributed by atoms with E-state index in [1.807, 2.05) is 6.26 Å². The van der Waals surface area contributed by atoms with Crippen LogP contribution in [-0.2, 0) is 9.59 Å². The number of hydrogen-bond donors (Lipinski definition) is 0. The lowest BCUT2D eigenvalue weighted by Crippen LogP contribution is -2.29. The van der Waals surface area contributed by atoms with Crippen LogP contribution in [0.5, 0.6) is 0 Å². The van der Waals surface area contributed by atoms with Crippen LogP contribution in [0, 0.1) is 0 Å². The summed E-state index contributed by atoms with van der Waals surface area (Å²) in [6, 6.07) is 0. The van der Waals surface area contributed by atoms with Gasteiger partial charge in [-0.15, -0.1) is 11.8 Å². The highest BCUT2D eigenvalue weighted by atomic mass is 32.2. The van der Waals surface area contributed by atoms with E-state index in [0.717, 1.165) is 0 Å². The number of thioether (sulfide) groups is 1. The van der Waals surface area contributed by atoms with Crippen LogP contribution in [0.4, 0.5) is 0 Å². The van der Waals surface area contributed by atoms with Crippen molar-refractivity contribution in [2.24, 2.45) is 0 Å². The van der Waals surface area contributed by atoms with E-state index in [4.69, 9.17) is 0 Å². The summed E-state index contributed by atoms with van der Waals surface area (Å²) in [4.78, 5) is 22.8. The second-order valence-electron chi connectivity index (χ2n) is 1.86. The molecule has 3 nitrogen and oxygen atoms in total. The zero-order chi connectivity index (χ0) is 7.56. The first-order chi connectivity index (χ1) is 4.75. The molecule has 1 rings (SSSR count). The third-order valence-electron chi connectivity index (χ3n) is 1.16. The largest absolute Gasteiger partial charge is 0.269 e. The van der Waals surface area contributed by atoms with E-state index >= 15 is 0 Å². The topological polar surface area (TPSA) is 37.4 Å². The Balaban J connectivity index is 2.60. The zero-order valence-corrected chi connectivity index (χ0v) is 6.35. The second-order valence-corrected chi connectivity index (χ2v) is 2.69. The Bertz CT molecular complexity index is 182. The molecule has 1 aliphatic heterocycles. The summed E-state index contributed by atoms with van der Waals surface area (Å²) in [6.07, 6.45) is 4.43. The highest BCUT2D eigenvalue weighted by molar-refractivity contribution is 7.98. The fourth-order valence-electron chi connectivity index (χ4n) is 0.687. The van der Waals surface area contributed by atoms with Gasteiger partial charge in [0.2, 0.25) is 0 Å². The van der Waals surface area contributed by atoms with Crippen molar-refractivity contribution in [2.45, 2.75) is 0 Å². The highest BCUT2D eigenvalue weighted by Crippen LogP contribution is 2.07. The predicted molar refractivity (Wildman–Crippen MR) is 39.4 cm³/mol. The molecule has 54 valence electrons. The fraction of sp³-hybridized carbons (Fsp3) is 0.333. The minimum atomic E-state index is -0.209. The molecule has 0 spiro atoms. The van der Waals surface area contributed by atoms with Gasteiger partial charge in [0.25, 0.3) is 11.8 Å². The molecule has 0 atom stereocenters. The van der Waals surface area contributed by atoms with Crippen molar-refractivity contribution in [1.82, 2.24) is 4.90 Å². The van der Waals surface area contributed by atoms with Gasteiger partial charge < -0.3 is 0 Å². The third kappa shape index (κ3) is 1.21. The van der Waals surface area contributed by atoms with Crippen molar-refractivity contribution >= 4 is 23.6 Å². The van der Waals surface area contributed by atoms with E-state index in [9.17, 15) is 9.59 Å². The SMILES string of the molecule is CSCN1C(=O)C=CC1=O. The Morgan fingerprint density at radius 2 is 1.90 bits per heavy atom. The summed E-state index contributed by atoms with van der Waals surface area (Å²) in [6.45, 7) is 0. The predicted octanol–water partition coefficient (Wildman–Crippen LogP) is 0.232. The molecular weight excluding hydrogens is 150 g/mol. The second kappa shape index (κ2) is 2.88. The van der Waals surface area contributed by atoms with E-state index in [1.165, 1.54) is 28.8 Å². The molecule has 0 N–H and O–H groups in total. The lowest BCUT2D eigenvalue weighted by molar-refractivity contribution is -0.135. The summed E-state index contributed by atoms with van der Waals surface area (Å²) in [5.74, 6) is 0.0312. The molecule has 0 saturated carbocycles. The molecule has 1 aliphatic rings. The Morgan fingerprint density at radius 3 is 2.30 bits per heavy atom. The summed E-state index contributed by atoms with van der Waals surface area (Å²) < 4.78 is 0. The minimum Gasteiger partial charge on any atom is -0.269 e. The number of amides is 2. The van der Waals surface area contributed by atoms with Gasteiger partial charge in [0, 0.05) is 12.2 Å². The van der Waals surface area contributed by atoms with Crippen LogP contribution in [0.3, 0.4) is 0 Å². The van der Waals surface area contributed by atoms with Crippen molar-refractivity contribution in [3.63, 3.8) is 0 Å². The first kappa shape index (κ1) is 7.34. The normalized spacial score (nSPS) is 17.1. The quantitative estimate of drug-likeness (QED) is 0.538. The van der Waals surface area contributed by atoms with Gasteiger partial charge in [-0.25, -0.2) is 0 Å². The van der Waals surface area contributed by atoms with Gasteiger partial charge in [-0.2, -0.15) is 0 Å². The van der Waals surface area contributed by atoms with E-state index < -0.39 is 0 Å². The molecule has 10 heavy (non-hydrogen) atoms. The first-order valence-electron chi connectivity index (χ1n) is 2.78. The Hall–Kier alpha value is -0.770. The van der Waals surface area contributed by atoms with Gasteiger partial charge in [-0.05, 0) is 6.26 Å². The number of imide groups is 1. The van der Waals surface area contributed by atoms with Crippen LogP contribution in [0.15, 0.2) is 12.2 Å². The molecule has 2 amide bonds. The average molecular weight is 157 g/mol. The molecule has 0 radical (unpaired) electrons. The number of carbonyl (C=O) groups excluding carboxylic acids is 2. The molecule has 4 heteroatoms. The van der Waals surface area contributed by atoms with E-state index in [2.05, 4.69) is 0 Å². The van der Waals surface area contributed by atoms with Crippen LogP contribution in [0.2, 0.25) is 0 Å². The van der Waals surface area contributed by atoms with Gasteiger partial charge in [-0.3, -0.25) is 14.5 Å². The van der Waals surface area contributed by atoms with Crippen LogP contribution in [0.1, 0.15) is 0 Å². The molecule has 0 aromatic carbocycles. The highest BCUT2D eigenvalue weighted by Gasteiger charge is 2.21. The summed E-state index contributed by atoms with van der Waals surface area (Å²) in [5, 5.41) is 0. The minimum absolute atomic E-state index is 0.209. The number of nitrogens with zero attached hydrogens (tertiary/aromatic N) is 1. The molecule has 0 aliphatic carbocycles. The summed E-state index contributed by atoms with van der Waals surface area (Å²) in [7, 11) is 0. The maximum atomic E-state index is 10.8. The molecule has 0 bridgehead atoms. The van der Waals surface area contributed by atoms with E-state index in [-0.39, 0.29) is 11.8 Å². The van der Waals surface area contributed by atoms with E-state index in [1.54, 1.807) is 0 Å². The van der Waals surface area contributed by atoms with Crippen LogP contribution in [-0.4, -0.2) is 28.8 Å². The van der Waals surface area contributed by atoms with Gasteiger partial charge >= 0.3 is 0 Å². The fourth-order valence-corrected chi connectivity index (χ4v) is 1.20. The molecule has 0 aromatic rings. The van der Waals surface area contributed by atoms with Gasteiger partial charge in [0.1, 0.15) is 0 Å². The molecule has 0 aromatic heterocycles. The Kier molecular flexibility index (Phi) is 2.11. The van der Waals surface area contributed by atoms with Crippen molar-refractivity contribution in [3.05, 3.63) is 12.2 Å². The molecular formula is C6H7NO2S. The maximum absolute atomic E-state index is 10.8. The third-order valence-corrected chi connectivity index (χ3v) is 1.68.